The maximum atomic E-state index is 4.54. The number of benzene rings is 8. The fourth-order valence-corrected chi connectivity index (χ4v) is 17.3. The molecule has 0 radical (unpaired) electrons. The van der Waals surface area contributed by atoms with Gasteiger partial charge in [0, 0.05) is 140 Å². The van der Waals surface area contributed by atoms with Crippen molar-refractivity contribution in [2.24, 2.45) is 0 Å². The number of nitrogens with zero attached hydrogens (tertiary/aromatic N) is 30. The van der Waals surface area contributed by atoms with Crippen molar-refractivity contribution in [2.45, 2.75) is 0 Å². The Bertz CT molecular complexity index is 5930. The van der Waals surface area contributed by atoms with Crippen LogP contribution in [-0.2, 0) is 59.4 Å². The van der Waals surface area contributed by atoms with Crippen molar-refractivity contribution in [3.05, 3.63) is 458 Å². The zero-order valence-electron chi connectivity index (χ0n) is 77.7. The molecular formula is C109H94N30Os3. The van der Waals surface area contributed by atoms with E-state index in [2.05, 4.69) is 413 Å². The largest absolute Gasteiger partial charge is 6.00 e. The van der Waals surface area contributed by atoms with E-state index < -0.39 is 0 Å². The molecule has 0 amide bonds. The maximum absolute atomic E-state index is 4.54. The Kier molecular flexibility index (Phi) is 30.8. The van der Waals surface area contributed by atoms with E-state index in [1.54, 1.807) is 74.1 Å². The van der Waals surface area contributed by atoms with Gasteiger partial charge in [0.2, 0.25) is 0 Å². The molecule has 16 aromatic rings. The van der Waals surface area contributed by atoms with E-state index in [1.807, 2.05) is 147 Å². The summed E-state index contributed by atoms with van der Waals surface area (Å²) >= 11 is 0. The number of fused-ring (bicyclic) bond motifs is 12. The number of rotatable bonds is 18. The fourth-order valence-electron chi connectivity index (χ4n) is 17.3. The summed E-state index contributed by atoms with van der Waals surface area (Å²) in [5.41, 5.74) is 16.6. The summed E-state index contributed by atoms with van der Waals surface area (Å²) in [6.45, 7) is 26.6. The minimum absolute atomic E-state index is 0. The molecule has 10 aliphatic heterocycles. The summed E-state index contributed by atoms with van der Waals surface area (Å²) < 4.78 is 0. The van der Waals surface area contributed by atoms with Gasteiger partial charge in [-0.25, -0.2) is 19.9 Å². The minimum atomic E-state index is 0. The summed E-state index contributed by atoms with van der Waals surface area (Å²) in [6, 6.07) is 93.3. The van der Waals surface area contributed by atoms with E-state index in [1.165, 1.54) is 32.9 Å². The van der Waals surface area contributed by atoms with Crippen molar-refractivity contribution in [2.75, 3.05) is 133 Å². The van der Waals surface area contributed by atoms with E-state index in [4.69, 9.17) is 0 Å². The fraction of sp³-hybridized carbons (Fsp3) is 0.101. The molecule has 142 heavy (non-hydrogen) atoms. The van der Waals surface area contributed by atoms with Gasteiger partial charge in [0.1, 0.15) is 23.3 Å². The molecule has 26 rings (SSSR count). The van der Waals surface area contributed by atoms with Gasteiger partial charge < -0.3 is 118 Å². The number of hydrogen-bond donors (Lipinski definition) is 0. The van der Waals surface area contributed by atoms with E-state index in [0.29, 0.717) is 31.6 Å². The predicted octanol–water partition coefficient (Wildman–Crippen LogP) is 18.7. The van der Waals surface area contributed by atoms with Gasteiger partial charge >= 0.3 is 59.4 Å². The number of hydrogen-bond acceptors (Lipinski definition) is 30. The smallest absolute Gasteiger partial charge is 0.511 e. The predicted molar refractivity (Wildman–Crippen MR) is 547 cm³/mol. The molecule has 0 saturated carbocycles. The van der Waals surface area contributed by atoms with Gasteiger partial charge in [-0.3, -0.25) is 9.97 Å². The van der Waals surface area contributed by atoms with Crippen LogP contribution in [0.3, 0.4) is 0 Å². The number of para-hydroxylation sites is 10. The van der Waals surface area contributed by atoms with Crippen molar-refractivity contribution in [3.63, 3.8) is 0 Å². The van der Waals surface area contributed by atoms with Crippen molar-refractivity contribution in [1.82, 2.24) is 89.0 Å². The summed E-state index contributed by atoms with van der Waals surface area (Å²) in [5.74, 6) is 2.88. The number of aromatic nitrogens is 10. The first-order valence-electron chi connectivity index (χ1n) is 45.3. The van der Waals surface area contributed by atoms with Crippen LogP contribution < -0.4 is 58.8 Å². The van der Waals surface area contributed by atoms with Gasteiger partial charge in [-0.15, -0.1) is 24.7 Å². The van der Waals surface area contributed by atoms with E-state index in [9.17, 15) is 0 Å². The van der Waals surface area contributed by atoms with Crippen LogP contribution in [0.1, 0.15) is 0 Å². The molecule has 18 heterocycles. The van der Waals surface area contributed by atoms with Gasteiger partial charge in [0.25, 0.3) is 0 Å². The average molecular weight is 2390 g/mol. The molecule has 0 aliphatic carbocycles. The van der Waals surface area contributed by atoms with Crippen molar-refractivity contribution in [3.8, 4) is 0 Å². The normalized spacial score (nSPS) is 15.1. The van der Waals surface area contributed by atoms with Crippen molar-refractivity contribution in [1.29, 1.82) is 0 Å². The molecule has 0 fully saturated rings. The molecule has 30 nitrogen and oxygen atoms in total. The third-order valence-electron chi connectivity index (χ3n) is 23.7. The van der Waals surface area contributed by atoms with Crippen LogP contribution >= 0.6 is 0 Å². The van der Waals surface area contributed by atoms with Crippen LogP contribution in [-0.4, -0.2) is 163 Å². The van der Waals surface area contributed by atoms with Gasteiger partial charge in [-0.1, -0.05) is 157 Å². The molecule has 0 N–H and O–H groups in total. The van der Waals surface area contributed by atoms with Gasteiger partial charge in [-0.2, -0.15) is 163 Å². The Hall–Kier alpha value is -15.5. The molecule has 0 saturated heterocycles. The minimum Gasteiger partial charge on any atom is -0.511 e. The van der Waals surface area contributed by atoms with Crippen LogP contribution in [0.5, 0.6) is 0 Å². The van der Waals surface area contributed by atoms with E-state index in [-0.39, 0.29) is 59.4 Å². The Balaban J connectivity index is 0.000000115. The van der Waals surface area contributed by atoms with Gasteiger partial charge in [0.15, 0.2) is 0 Å². The molecule has 0 bridgehead atoms. The van der Waals surface area contributed by atoms with Crippen LogP contribution in [0.2, 0.25) is 0 Å². The second kappa shape index (κ2) is 45.2. The Morgan fingerprint density at radius 2 is 0.486 bits per heavy atom. The molecule has 8 aromatic carbocycles. The van der Waals surface area contributed by atoms with Crippen molar-refractivity contribution < 1.29 is 59.4 Å². The second-order valence-electron chi connectivity index (χ2n) is 33.1. The Morgan fingerprint density at radius 3 is 0.775 bits per heavy atom. The standard InChI is InChI=1S/C27H20N4.C25H18N6.C21H14N10.C16H10N2.2C10H16N4.3Os/c1-3-11-22(12-4-1)30-20-28(24-15-7-9-17-26(24)30)19-29-21-31(23-13-5-2-6-14-23)27-18-10-8-16-25(27)29;1-3-11-24-22(9-1)28(18-30(24)20-7-5-13-26-15-20)17-29-19-31(21-8-6-14-27-16-21)25-12-4-2-10-23(25)29;1-3-16(11-22-5-1)30-14-28(18-20(30)26-9-7-24-18)13-29-15-31(17-4-2-6-23-12-17)21-19(29)25-8-10-27-21;1-2-6-12-11(5-1)13-7-3-9-17-15(13)16-14(12)8-4-10-18-16;2*1-11-3-5-13(9-11)7-8-14-6-4-12(2)10-14;;;/h1-11,13,15-18,20-21H,19H2;1-6,9-16,18-19H,17H2;1-2,5-12,14-15H,13H2;1-10H;2*3-6,9-10H,7-8H2,1-2H3;;;/q3*-4;;2*-2;+4;2*+6. The van der Waals surface area contributed by atoms with Crippen LogP contribution in [0.4, 0.5) is 103 Å². The van der Waals surface area contributed by atoms with Crippen LogP contribution in [0, 0.1) is 103 Å². The van der Waals surface area contributed by atoms with Crippen molar-refractivity contribution >= 4 is 135 Å². The Morgan fingerprint density at radius 1 is 0.225 bits per heavy atom. The molecule has 704 valence electrons. The monoisotopic (exact) mass is 2400 g/mol. The van der Waals surface area contributed by atoms with Crippen LogP contribution in [0.25, 0.3) is 32.6 Å². The van der Waals surface area contributed by atoms with Gasteiger partial charge in [-0.05, 0) is 149 Å². The number of pyridine rings is 6. The molecule has 8 aromatic heterocycles. The topological polar surface area (TPSA) is 194 Å². The summed E-state index contributed by atoms with van der Waals surface area (Å²) in [7, 11) is 8.14. The summed E-state index contributed by atoms with van der Waals surface area (Å²) in [5, 5.41) is 4.81. The molecule has 33 heteroatoms. The first-order valence-corrected chi connectivity index (χ1v) is 45.3. The summed E-state index contributed by atoms with van der Waals surface area (Å²) in [6.07, 6.45) is 40.9. The number of anilines is 18. The third kappa shape index (κ3) is 21.4. The molecular weight excluding hydrogens is 2300 g/mol. The SMILES string of the molecule is CN1C=CN(CCN2C=CN(C)[CH-]2)[CH-]1.CN1C=CN(CCN2C=CN(C)[CH-]2)[CH-]1.[Os+4].[Os+6].[Os+6].[c-]1ccccc1N1[CH-]N(CN2[CH-]N(c3[c-]cccc3)c3ccccc32)c2ccccc21.[c-]1ccncc1N1[CH-]N(CN2[CH-]N(c3[c-]ccnc3)c3ccccc32)c2ccccc21.[c-]1ccncc1N1[CH-]N(CN2[CH-]N(c3[c-]ccnc3)c3nccnc32)c2nccnc21.c1ccc2c(c1)c1cccnc1c1ncccc21. The zero-order chi connectivity index (χ0) is 93.8. The molecule has 0 atom stereocenters. The molecule has 0 spiro atoms. The maximum Gasteiger partial charge on any atom is 6.00 e. The van der Waals surface area contributed by atoms with Gasteiger partial charge in [0.05, 0.1) is 11.0 Å². The third-order valence-corrected chi connectivity index (χ3v) is 23.7. The Labute approximate surface area is 868 Å². The second-order valence-corrected chi connectivity index (χ2v) is 33.1. The quantitative estimate of drug-likeness (QED) is 0.0581. The first kappa shape index (κ1) is 96.7. The van der Waals surface area contributed by atoms with E-state index >= 15 is 0 Å². The average Bonchev–Trinajstić information content (AvgIpc) is 1.53. The summed E-state index contributed by atoms with van der Waals surface area (Å²) in [4.78, 5) is 86.4. The van der Waals surface area contributed by atoms with E-state index in [0.717, 1.165) is 117 Å². The zero-order valence-corrected chi connectivity index (χ0v) is 85.3. The first-order chi connectivity index (χ1) is 68.6. The molecule has 0 unspecified atom stereocenters. The van der Waals surface area contributed by atoms with Crippen LogP contribution in [0.15, 0.2) is 355 Å². The molecule has 10 aliphatic rings.